The largest absolute Gasteiger partial charge is 0.316 e. The summed E-state index contributed by atoms with van der Waals surface area (Å²) in [6.07, 6.45) is 2.07. The second-order valence-electron chi connectivity index (χ2n) is 5.24. The van der Waals surface area contributed by atoms with Gasteiger partial charge in [0.2, 0.25) is 10.0 Å². The fourth-order valence-electron chi connectivity index (χ4n) is 2.59. The Kier molecular flexibility index (Phi) is 5.60. The lowest BCUT2D eigenvalue weighted by Gasteiger charge is -2.29. The number of piperidine rings is 1. The molecule has 7 heteroatoms. The third kappa shape index (κ3) is 3.94. The van der Waals surface area contributed by atoms with Gasteiger partial charge in [-0.25, -0.2) is 12.8 Å². The Bertz CT molecular complexity index is 589. The van der Waals surface area contributed by atoms with Crippen LogP contribution in [-0.2, 0) is 10.0 Å². The molecule has 0 bridgehead atoms. The molecule has 0 aliphatic carbocycles. The van der Waals surface area contributed by atoms with Crippen LogP contribution in [0.5, 0.6) is 0 Å². The molecule has 1 heterocycles. The quantitative estimate of drug-likeness (QED) is 0.900. The molecule has 0 saturated carbocycles. The topological polar surface area (TPSA) is 49.4 Å². The third-order valence-electron chi connectivity index (χ3n) is 3.73. The molecule has 1 aromatic carbocycles. The van der Waals surface area contributed by atoms with Gasteiger partial charge in [-0.2, -0.15) is 4.31 Å². The summed E-state index contributed by atoms with van der Waals surface area (Å²) in [6.45, 7) is 4.43. The average Bonchev–Trinajstić information content (AvgIpc) is 2.45. The van der Waals surface area contributed by atoms with E-state index in [1.807, 2.05) is 0 Å². The first kappa shape index (κ1) is 16.7. The zero-order valence-electron chi connectivity index (χ0n) is 12.0. The zero-order chi connectivity index (χ0) is 15.5. The highest BCUT2D eigenvalue weighted by Crippen LogP contribution is 2.26. The number of hydrogen-bond acceptors (Lipinski definition) is 3. The summed E-state index contributed by atoms with van der Waals surface area (Å²) in [5.41, 5.74) is 0. The molecule has 1 aliphatic heterocycles. The highest BCUT2D eigenvalue weighted by Gasteiger charge is 2.28. The molecule has 118 valence electrons. The van der Waals surface area contributed by atoms with Crippen molar-refractivity contribution in [2.24, 2.45) is 5.92 Å². The smallest absolute Gasteiger partial charge is 0.244 e. The second-order valence-corrected chi connectivity index (χ2v) is 7.56. The Hall–Kier alpha value is -0.690. The summed E-state index contributed by atoms with van der Waals surface area (Å²) in [6, 6.07) is 3.38. The normalized spacial score (nSPS) is 19.9. The van der Waals surface area contributed by atoms with Crippen molar-refractivity contribution in [1.82, 2.24) is 9.62 Å². The van der Waals surface area contributed by atoms with Gasteiger partial charge in [-0.15, -0.1) is 0 Å². The minimum absolute atomic E-state index is 0.0313. The first-order valence-corrected chi connectivity index (χ1v) is 8.93. The number of benzene rings is 1. The van der Waals surface area contributed by atoms with Crippen LogP contribution >= 0.6 is 11.6 Å². The van der Waals surface area contributed by atoms with Crippen molar-refractivity contribution in [3.8, 4) is 0 Å². The van der Waals surface area contributed by atoms with E-state index in [1.54, 1.807) is 6.92 Å². The highest BCUT2D eigenvalue weighted by atomic mass is 35.5. The number of nitrogens with zero attached hydrogens (tertiary/aromatic N) is 1. The average molecular weight is 335 g/mol. The van der Waals surface area contributed by atoms with Gasteiger partial charge in [0, 0.05) is 13.1 Å². The lowest BCUT2D eigenvalue weighted by atomic mass is 10.00. The standard InChI is InChI=1S/C14H20ClFN2O2S/c1-2-18(10-11-4-3-7-17-9-11)21(19,20)14-6-5-12(16)8-13(14)15/h5-6,8,11,17H,2-4,7,9-10H2,1H3. The summed E-state index contributed by atoms with van der Waals surface area (Å²) in [5.74, 6) is -0.244. The number of sulfonamides is 1. The molecular formula is C14H20ClFN2O2S. The Morgan fingerprint density at radius 1 is 1.48 bits per heavy atom. The van der Waals surface area contributed by atoms with Crippen LogP contribution in [0.4, 0.5) is 4.39 Å². The van der Waals surface area contributed by atoms with Crippen molar-refractivity contribution >= 4 is 21.6 Å². The first-order chi connectivity index (χ1) is 9.95. The van der Waals surface area contributed by atoms with Gasteiger partial charge in [0.15, 0.2) is 0 Å². The number of hydrogen-bond donors (Lipinski definition) is 1. The maximum atomic E-state index is 13.1. The van der Waals surface area contributed by atoms with Crippen molar-refractivity contribution in [3.05, 3.63) is 29.0 Å². The van der Waals surface area contributed by atoms with Crippen LogP contribution in [0.25, 0.3) is 0 Å². The van der Waals surface area contributed by atoms with Crippen LogP contribution in [0, 0.1) is 11.7 Å². The molecule has 1 aromatic rings. The van der Waals surface area contributed by atoms with E-state index in [0.717, 1.165) is 38.1 Å². The van der Waals surface area contributed by atoms with Crippen LogP contribution in [0.15, 0.2) is 23.1 Å². The minimum Gasteiger partial charge on any atom is -0.316 e. The summed E-state index contributed by atoms with van der Waals surface area (Å²) < 4.78 is 39.8. The Labute approximate surface area is 130 Å². The summed E-state index contributed by atoms with van der Waals surface area (Å²) in [7, 11) is -3.69. The maximum absolute atomic E-state index is 13.1. The molecule has 1 unspecified atom stereocenters. The van der Waals surface area contributed by atoms with Gasteiger partial charge in [-0.05, 0) is 50.0 Å². The zero-order valence-corrected chi connectivity index (χ0v) is 13.6. The van der Waals surface area contributed by atoms with Crippen molar-refractivity contribution in [2.75, 3.05) is 26.2 Å². The molecule has 0 radical (unpaired) electrons. The van der Waals surface area contributed by atoms with Gasteiger partial charge in [0.1, 0.15) is 10.7 Å². The Morgan fingerprint density at radius 3 is 2.81 bits per heavy atom. The lowest BCUT2D eigenvalue weighted by Crippen LogP contribution is -2.41. The molecule has 1 atom stereocenters. The molecule has 2 rings (SSSR count). The number of rotatable bonds is 5. The van der Waals surface area contributed by atoms with Gasteiger partial charge in [0.05, 0.1) is 5.02 Å². The summed E-state index contributed by atoms with van der Waals surface area (Å²) >= 11 is 5.90. The van der Waals surface area contributed by atoms with E-state index in [-0.39, 0.29) is 9.92 Å². The van der Waals surface area contributed by atoms with Crippen LogP contribution in [0.3, 0.4) is 0 Å². The van der Waals surface area contributed by atoms with Crippen molar-refractivity contribution in [1.29, 1.82) is 0 Å². The molecule has 1 saturated heterocycles. The molecule has 1 fully saturated rings. The molecule has 0 spiro atoms. The molecule has 4 nitrogen and oxygen atoms in total. The fraction of sp³-hybridized carbons (Fsp3) is 0.571. The van der Waals surface area contributed by atoms with E-state index in [1.165, 1.54) is 10.4 Å². The molecule has 1 aliphatic rings. The molecule has 0 amide bonds. The molecule has 0 aromatic heterocycles. The maximum Gasteiger partial charge on any atom is 0.244 e. The van der Waals surface area contributed by atoms with E-state index in [4.69, 9.17) is 11.6 Å². The van der Waals surface area contributed by atoms with E-state index < -0.39 is 15.8 Å². The second kappa shape index (κ2) is 7.05. The third-order valence-corrected chi connectivity index (χ3v) is 6.15. The molecule has 1 N–H and O–H groups in total. The van der Waals surface area contributed by atoms with Crippen LogP contribution in [-0.4, -0.2) is 38.9 Å². The predicted octanol–water partition coefficient (Wildman–Crippen LogP) is 2.49. The molecular weight excluding hydrogens is 315 g/mol. The van der Waals surface area contributed by atoms with Crippen LogP contribution in [0.1, 0.15) is 19.8 Å². The van der Waals surface area contributed by atoms with Gasteiger partial charge in [-0.3, -0.25) is 0 Å². The fourth-order valence-corrected chi connectivity index (χ4v) is 4.62. The van der Waals surface area contributed by atoms with Crippen molar-refractivity contribution in [3.63, 3.8) is 0 Å². The first-order valence-electron chi connectivity index (χ1n) is 7.11. The van der Waals surface area contributed by atoms with Crippen LogP contribution < -0.4 is 5.32 Å². The highest BCUT2D eigenvalue weighted by molar-refractivity contribution is 7.89. The van der Waals surface area contributed by atoms with E-state index in [9.17, 15) is 12.8 Å². The number of nitrogens with one attached hydrogen (secondary N) is 1. The number of halogens is 2. The minimum atomic E-state index is -3.69. The van der Waals surface area contributed by atoms with Gasteiger partial charge >= 0.3 is 0 Å². The van der Waals surface area contributed by atoms with Crippen molar-refractivity contribution < 1.29 is 12.8 Å². The van der Waals surface area contributed by atoms with Gasteiger partial charge in [-0.1, -0.05) is 18.5 Å². The monoisotopic (exact) mass is 334 g/mol. The van der Waals surface area contributed by atoms with Crippen molar-refractivity contribution in [2.45, 2.75) is 24.7 Å². The molecule has 21 heavy (non-hydrogen) atoms. The van der Waals surface area contributed by atoms with Gasteiger partial charge < -0.3 is 5.32 Å². The Morgan fingerprint density at radius 2 is 2.24 bits per heavy atom. The van der Waals surface area contributed by atoms with E-state index >= 15 is 0 Å². The summed E-state index contributed by atoms with van der Waals surface area (Å²) in [4.78, 5) is -0.0313. The Balaban J connectivity index is 2.22. The lowest BCUT2D eigenvalue weighted by molar-refractivity contribution is 0.298. The van der Waals surface area contributed by atoms with E-state index in [0.29, 0.717) is 19.0 Å². The van der Waals surface area contributed by atoms with E-state index in [2.05, 4.69) is 5.32 Å². The summed E-state index contributed by atoms with van der Waals surface area (Å²) in [5, 5.41) is 3.20. The van der Waals surface area contributed by atoms with Crippen LogP contribution in [0.2, 0.25) is 5.02 Å². The predicted molar refractivity (Wildman–Crippen MR) is 81.4 cm³/mol. The SMILES string of the molecule is CCN(CC1CCCNC1)S(=O)(=O)c1ccc(F)cc1Cl. The van der Waals surface area contributed by atoms with Gasteiger partial charge in [0.25, 0.3) is 0 Å².